The molecule has 126 valence electrons. The maximum absolute atomic E-state index is 11.8. The highest BCUT2D eigenvalue weighted by Crippen LogP contribution is 2.25. The zero-order valence-electron chi connectivity index (χ0n) is 13.9. The van der Waals surface area contributed by atoms with Crippen LogP contribution in [-0.2, 0) is 4.79 Å². The molecule has 0 unspecified atom stereocenters. The highest BCUT2D eigenvalue weighted by Gasteiger charge is 2.05. The second-order valence-electron chi connectivity index (χ2n) is 5.21. The van der Waals surface area contributed by atoms with Gasteiger partial charge in [-0.3, -0.25) is 4.79 Å². The van der Waals surface area contributed by atoms with Crippen LogP contribution in [0.3, 0.4) is 0 Å². The Hall–Kier alpha value is -3.02. The fraction of sp³-hybridized carbons (Fsp3) is 0.222. The molecule has 0 saturated heterocycles. The van der Waals surface area contributed by atoms with Crippen LogP contribution in [-0.4, -0.2) is 30.9 Å². The monoisotopic (exact) mass is 328 g/mol. The molecule has 6 heteroatoms. The second kappa shape index (κ2) is 8.01. The number of phenols is 1. The van der Waals surface area contributed by atoms with Crippen molar-refractivity contribution in [1.82, 2.24) is 5.43 Å². The second-order valence-corrected chi connectivity index (χ2v) is 5.21. The zero-order chi connectivity index (χ0) is 17.5. The Balaban J connectivity index is 1.88. The zero-order valence-corrected chi connectivity index (χ0v) is 13.9. The molecule has 0 aromatic heterocycles. The van der Waals surface area contributed by atoms with Crippen LogP contribution < -0.4 is 14.9 Å². The maximum atomic E-state index is 11.8. The summed E-state index contributed by atoms with van der Waals surface area (Å²) < 4.78 is 10.5. The lowest BCUT2D eigenvalue weighted by atomic mass is 10.1. The minimum absolute atomic E-state index is 0.0422. The van der Waals surface area contributed by atoms with E-state index in [9.17, 15) is 9.90 Å². The molecule has 0 atom stereocenters. The van der Waals surface area contributed by atoms with E-state index in [1.54, 1.807) is 12.1 Å². The molecule has 0 saturated carbocycles. The van der Waals surface area contributed by atoms with E-state index in [2.05, 4.69) is 10.5 Å². The van der Waals surface area contributed by atoms with Crippen molar-refractivity contribution in [3.8, 4) is 17.2 Å². The number of aromatic hydroxyl groups is 1. The predicted octanol–water partition coefficient (Wildman–Crippen LogP) is 2.55. The number of rotatable bonds is 6. The Bertz CT molecular complexity index is 757. The number of benzene rings is 2. The molecular weight excluding hydrogens is 308 g/mol. The quantitative estimate of drug-likeness (QED) is 0.631. The van der Waals surface area contributed by atoms with E-state index in [1.165, 1.54) is 19.4 Å². The summed E-state index contributed by atoms with van der Waals surface area (Å²) in [5, 5.41) is 13.4. The molecule has 0 spiro atoms. The van der Waals surface area contributed by atoms with Gasteiger partial charge in [-0.1, -0.05) is 12.1 Å². The first-order valence-corrected chi connectivity index (χ1v) is 7.39. The molecule has 2 rings (SSSR count). The SMILES string of the molecule is COc1cc(/C=N/NC(=O)COc2cccc(C)c2C)ccc1O. The van der Waals surface area contributed by atoms with Gasteiger partial charge in [0.15, 0.2) is 18.1 Å². The predicted molar refractivity (Wildman–Crippen MR) is 91.8 cm³/mol. The highest BCUT2D eigenvalue weighted by molar-refractivity contribution is 5.83. The van der Waals surface area contributed by atoms with Gasteiger partial charge < -0.3 is 14.6 Å². The first-order chi connectivity index (χ1) is 11.5. The molecular formula is C18H20N2O4. The minimum Gasteiger partial charge on any atom is -0.504 e. The number of nitrogens with zero attached hydrogens (tertiary/aromatic N) is 1. The fourth-order valence-electron chi connectivity index (χ4n) is 2.01. The van der Waals surface area contributed by atoms with Gasteiger partial charge in [0.05, 0.1) is 13.3 Å². The van der Waals surface area contributed by atoms with E-state index in [4.69, 9.17) is 9.47 Å². The number of nitrogens with one attached hydrogen (secondary N) is 1. The number of methoxy groups -OCH3 is 1. The fourth-order valence-corrected chi connectivity index (χ4v) is 2.01. The number of amides is 1. The maximum Gasteiger partial charge on any atom is 0.277 e. The number of aryl methyl sites for hydroxylation is 1. The van der Waals surface area contributed by atoms with E-state index in [-0.39, 0.29) is 18.3 Å². The lowest BCUT2D eigenvalue weighted by molar-refractivity contribution is -0.123. The van der Waals surface area contributed by atoms with E-state index in [0.29, 0.717) is 17.1 Å². The third-order valence-corrected chi connectivity index (χ3v) is 3.52. The highest BCUT2D eigenvalue weighted by atomic mass is 16.5. The summed E-state index contributed by atoms with van der Waals surface area (Å²) in [6.45, 7) is 3.80. The van der Waals surface area contributed by atoms with E-state index < -0.39 is 0 Å². The standard InChI is InChI=1S/C18H20N2O4/c1-12-5-4-6-16(13(12)2)24-11-18(22)20-19-10-14-7-8-15(21)17(9-14)23-3/h4-10,21H,11H2,1-3H3,(H,20,22)/b19-10+. The summed E-state index contributed by atoms with van der Waals surface area (Å²) in [5.74, 6) is 0.694. The molecule has 6 nitrogen and oxygen atoms in total. The third kappa shape index (κ3) is 4.49. The van der Waals surface area contributed by atoms with Gasteiger partial charge in [0.25, 0.3) is 5.91 Å². The Kier molecular flexibility index (Phi) is 5.78. The summed E-state index contributed by atoms with van der Waals surface area (Å²) in [6, 6.07) is 10.4. The van der Waals surface area contributed by atoms with Gasteiger partial charge in [-0.2, -0.15) is 5.10 Å². The molecule has 0 bridgehead atoms. The summed E-state index contributed by atoms with van der Waals surface area (Å²) in [7, 11) is 1.46. The number of phenolic OH excluding ortho intramolecular Hbond substituents is 1. The van der Waals surface area contributed by atoms with Crippen molar-refractivity contribution in [1.29, 1.82) is 0 Å². The van der Waals surface area contributed by atoms with Crippen LogP contribution >= 0.6 is 0 Å². The average Bonchev–Trinajstić information content (AvgIpc) is 2.57. The van der Waals surface area contributed by atoms with Crippen LogP contribution in [0.4, 0.5) is 0 Å². The molecule has 2 aromatic rings. The van der Waals surface area contributed by atoms with Gasteiger partial charge in [-0.05, 0) is 54.8 Å². The molecule has 2 N–H and O–H groups in total. The molecule has 2 aromatic carbocycles. The molecule has 1 amide bonds. The van der Waals surface area contributed by atoms with Crippen LogP contribution in [0, 0.1) is 13.8 Å². The Morgan fingerprint density at radius 2 is 2.04 bits per heavy atom. The summed E-state index contributed by atoms with van der Waals surface area (Å²) in [5.41, 5.74) is 5.18. The number of hydrogen-bond acceptors (Lipinski definition) is 5. The smallest absolute Gasteiger partial charge is 0.277 e. The van der Waals surface area contributed by atoms with Gasteiger partial charge >= 0.3 is 0 Å². The van der Waals surface area contributed by atoms with Crippen LogP contribution in [0.1, 0.15) is 16.7 Å². The van der Waals surface area contributed by atoms with E-state index >= 15 is 0 Å². The first-order valence-electron chi connectivity index (χ1n) is 7.39. The van der Waals surface area contributed by atoms with Crippen LogP contribution in [0.25, 0.3) is 0 Å². The molecule has 0 radical (unpaired) electrons. The number of hydrazone groups is 1. The first kappa shape index (κ1) is 17.3. The van der Waals surface area contributed by atoms with Gasteiger partial charge in [0.1, 0.15) is 5.75 Å². The van der Waals surface area contributed by atoms with Gasteiger partial charge in [0, 0.05) is 0 Å². The topological polar surface area (TPSA) is 80.2 Å². The summed E-state index contributed by atoms with van der Waals surface area (Å²) in [6.07, 6.45) is 1.46. The largest absolute Gasteiger partial charge is 0.504 e. The summed E-state index contributed by atoms with van der Waals surface area (Å²) in [4.78, 5) is 11.8. The molecule has 0 aliphatic rings. The van der Waals surface area contributed by atoms with Crippen molar-refractivity contribution in [2.24, 2.45) is 5.10 Å². The number of ether oxygens (including phenoxy) is 2. The van der Waals surface area contributed by atoms with Gasteiger partial charge in [0.2, 0.25) is 0 Å². The van der Waals surface area contributed by atoms with Crippen LogP contribution in [0.5, 0.6) is 17.2 Å². The average molecular weight is 328 g/mol. The normalized spacial score (nSPS) is 10.6. The molecule has 0 heterocycles. The summed E-state index contributed by atoms with van der Waals surface area (Å²) >= 11 is 0. The Labute approximate surface area is 140 Å². The Morgan fingerprint density at radius 1 is 1.25 bits per heavy atom. The van der Waals surface area contributed by atoms with Gasteiger partial charge in [-0.15, -0.1) is 0 Å². The number of hydrogen-bond donors (Lipinski definition) is 2. The van der Waals surface area contributed by atoms with Crippen LogP contribution in [0.2, 0.25) is 0 Å². The van der Waals surface area contributed by atoms with Crippen molar-refractivity contribution >= 4 is 12.1 Å². The molecule has 24 heavy (non-hydrogen) atoms. The van der Waals surface area contributed by atoms with Crippen molar-refractivity contribution in [3.63, 3.8) is 0 Å². The lowest BCUT2D eigenvalue weighted by Crippen LogP contribution is -2.24. The molecule has 0 aliphatic carbocycles. The molecule has 0 fully saturated rings. The lowest BCUT2D eigenvalue weighted by Gasteiger charge is -2.09. The third-order valence-electron chi connectivity index (χ3n) is 3.52. The van der Waals surface area contributed by atoms with E-state index in [0.717, 1.165) is 11.1 Å². The van der Waals surface area contributed by atoms with Crippen molar-refractivity contribution in [2.45, 2.75) is 13.8 Å². The number of carbonyl (C=O) groups excluding carboxylic acids is 1. The Morgan fingerprint density at radius 3 is 2.79 bits per heavy atom. The van der Waals surface area contributed by atoms with Gasteiger partial charge in [-0.25, -0.2) is 5.43 Å². The number of carbonyl (C=O) groups is 1. The van der Waals surface area contributed by atoms with Crippen molar-refractivity contribution < 1.29 is 19.4 Å². The molecule has 0 aliphatic heterocycles. The van der Waals surface area contributed by atoms with Crippen molar-refractivity contribution in [2.75, 3.05) is 13.7 Å². The van der Waals surface area contributed by atoms with E-state index in [1.807, 2.05) is 32.0 Å². The van der Waals surface area contributed by atoms with Crippen LogP contribution in [0.15, 0.2) is 41.5 Å². The minimum atomic E-state index is -0.363. The van der Waals surface area contributed by atoms with Crippen molar-refractivity contribution in [3.05, 3.63) is 53.1 Å².